The van der Waals surface area contributed by atoms with Crippen LogP contribution >= 0.6 is 0 Å². The monoisotopic (exact) mass is 540 g/mol. The van der Waals surface area contributed by atoms with E-state index >= 15 is 0 Å². The molecule has 0 fully saturated rings. The molecule has 0 bridgehead atoms. The first-order chi connectivity index (χ1) is 17.5. The van der Waals surface area contributed by atoms with Crippen molar-refractivity contribution in [1.29, 1.82) is 0 Å². The van der Waals surface area contributed by atoms with Crippen molar-refractivity contribution in [3.8, 4) is 22.3 Å². The van der Waals surface area contributed by atoms with E-state index in [1.54, 1.807) is 0 Å². The summed E-state index contributed by atoms with van der Waals surface area (Å²) in [6.07, 6.45) is 4.56. The van der Waals surface area contributed by atoms with Gasteiger partial charge in [-0.2, -0.15) is 13.2 Å². The van der Waals surface area contributed by atoms with Gasteiger partial charge in [0.1, 0.15) is 12.5 Å². The maximum atomic E-state index is 10.7. The normalized spacial score (nSPS) is 12.0. The molecule has 0 N–H and O–H groups in total. The maximum Gasteiger partial charge on any atom is 0.485 e. The second-order valence-corrected chi connectivity index (χ2v) is 12.0. The Hall–Kier alpha value is -3.33. The predicted octanol–water partition coefficient (Wildman–Crippen LogP) is 7.62. The standard InChI is InChI=1S/C28H23S.CHF3O3S/c1-29(2)23-14-5-13-22(19-23)25-16-7-11-21-12-8-18-27(28(21)25)26-17-6-10-20-9-3-4-15-24(20)26;2-1(3,4)8(5,6)7/h3-19H,1-2H3;(H,5,6,7)/q+1;/p-1. The Morgan fingerprint density at radius 2 is 1.19 bits per heavy atom. The first kappa shape index (κ1) is 26.7. The van der Waals surface area contributed by atoms with Crippen molar-refractivity contribution in [2.45, 2.75) is 10.4 Å². The first-order valence-electron chi connectivity index (χ1n) is 11.2. The van der Waals surface area contributed by atoms with Crippen LogP contribution in [0, 0.1) is 0 Å². The molecule has 37 heavy (non-hydrogen) atoms. The zero-order valence-corrected chi connectivity index (χ0v) is 21.6. The summed E-state index contributed by atoms with van der Waals surface area (Å²) in [5, 5.41) is 5.19. The molecule has 0 aliphatic rings. The molecule has 0 spiro atoms. The van der Waals surface area contributed by atoms with Gasteiger partial charge in [-0.15, -0.1) is 0 Å². The Balaban J connectivity index is 0.000000349. The molecule has 3 nitrogen and oxygen atoms in total. The summed E-state index contributed by atoms with van der Waals surface area (Å²) in [6.45, 7) is 0. The third-order valence-electron chi connectivity index (χ3n) is 5.88. The number of fused-ring (bicyclic) bond motifs is 2. The Morgan fingerprint density at radius 1 is 0.676 bits per heavy atom. The number of rotatable bonds is 3. The van der Waals surface area contributed by atoms with Gasteiger partial charge < -0.3 is 4.55 Å². The summed E-state index contributed by atoms with van der Waals surface area (Å²) < 4.78 is 58.9. The number of alkyl halides is 3. The first-order valence-corrected chi connectivity index (χ1v) is 14.6. The van der Waals surface area contributed by atoms with Gasteiger partial charge in [0.05, 0.1) is 0 Å². The summed E-state index contributed by atoms with van der Waals surface area (Å²) in [7, 11) is -5.85. The molecule has 190 valence electrons. The van der Waals surface area contributed by atoms with Crippen molar-refractivity contribution >= 4 is 42.6 Å². The van der Waals surface area contributed by atoms with Crippen molar-refractivity contribution in [3.63, 3.8) is 0 Å². The maximum absolute atomic E-state index is 10.7. The van der Waals surface area contributed by atoms with Gasteiger partial charge in [0.15, 0.2) is 15.0 Å². The van der Waals surface area contributed by atoms with Crippen molar-refractivity contribution in [3.05, 3.63) is 103 Å². The van der Waals surface area contributed by atoms with Crippen molar-refractivity contribution in [2.75, 3.05) is 12.5 Å². The lowest BCUT2D eigenvalue weighted by Crippen LogP contribution is -2.21. The fourth-order valence-electron chi connectivity index (χ4n) is 4.18. The summed E-state index contributed by atoms with van der Waals surface area (Å²) in [4.78, 5) is 1.40. The van der Waals surface area contributed by atoms with Crippen molar-refractivity contribution < 1.29 is 26.1 Å². The number of hydrogen-bond acceptors (Lipinski definition) is 3. The van der Waals surface area contributed by atoms with Gasteiger partial charge >= 0.3 is 5.51 Å². The quantitative estimate of drug-likeness (QED) is 0.134. The second kappa shape index (κ2) is 10.6. The van der Waals surface area contributed by atoms with Gasteiger partial charge in [0.2, 0.25) is 0 Å². The lowest BCUT2D eigenvalue weighted by molar-refractivity contribution is -0.0517. The minimum absolute atomic E-state index is 0.243. The third kappa shape index (κ3) is 5.82. The minimum Gasteiger partial charge on any atom is -0.741 e. The van der Waals surface area contributed by atoms with Crippen LogP contribution in [0.1, 0.15) is 0 Å². The highest BCUT2D eigenvalue weighted by atomic mass is 32.2. The number of hydrogen-bond donors (Lipinski definition) is 0. The molecular weight excluding hydrogens is 517 g/mol. The van der Waals surface area contributed by atoms with Gasteiger partial charge in [-0.25, -0.2) is 8.42 Å². The summed E-state index contributed by atoms with van der Waals surface area (Å²) >= 11 is 0. The largest absolute Gasteiger partial charge is 0.741 e. The van der Waals surface area contributed by atoms with E-state index in [0.29, 0.717) is 0 Å². The van der Waals surface area contributed by atoms with Crippen LogP contribution in [-0.2, 0) is 21.0 Å². The van der Waals surface area contributed by atoms with Crippen molar-refractivity contribution in [2.24, 2.45) is 0 Å². The van der Waals surface area contributed by atoms with Gasteiger partial charge in [-0.1, -0.05) is 91.0 Å². The molecule has 8 heteroatoms. The fraction of sp³-hybridized carbons (Fsp3) is 0.103. The molecule has 0 radical (unpaired) electrons. The topological polar surface area (TPSA) is 57.2 Å². The van der Waals surface area contributed by atoms with E-state index in [-0.39, 0.29) is 10.9 Å². The molecule has 0 unspecified atom stereocenters. The smallest absolute Gasteiger partial charge is 0.485 e. The zero-order chi connectivity index (χ0) is 26.8. The molecule has 5 rings (SSSR count). The van der Waals surface area contributed by atoms with E-state index in [9.17, 15) is 13.2 Å². The lowest BCUT2D eigenvalue weighted by Gasteiger charge is -2.14. The van der Waals surface area contributed by atoms with Crippen molar-refractivity contribution in [1.82, 2.24) is 0 Å². The molecule has 5 aromatic carbocycles. The molecule has 0 saturated heterocycles. The molecular formula is C29H23F3O3S2. The molecule has 5 aromatic rings. The van der Waals surface area contributed by atoms with E-state index in [2.05, 4.69) is 116 Å². The fourth-order valence-corrected chi connectivity index (χ4v) is 4.90. The SMILES string of the molecule is C[S+](C)c1cccc(-c2cccc3cccc(-c4cccc5ccccc45)c23)c1.O=S(=O)([O-])C(F)(F)F. The Morgan fingerprint density at radius 3 is 1.81 bits per heavy atom. The van der Waals surface area contributed by atoms with Crippen LogP contribution in [0.15, 0.2) is 108 Å². The molecule has 0 aliphatic carbocycles. The van der Waals surface area contributed by atoms with Crippen LogP contribution in [0.4, 0.5) is 13.2 Å². The van der Waals surface area contributed by atoms with Gasteiger partial charge in [-0.05, 0) is 49.9 Å². The van der Waals surface area contributed by atoms with E-state index < -0.39 is 15.6 Å². The van der Waals surface area contributed by atoms with Crippen LogP contribution in [-0.4, -0.2) is 31.0 Å². The molecule has 0 aromatic heterocycles. The summed E-state index contributed by atoms with van der Waals surface area (Å²) in [5.74, 6) is 0. The highest BCUT2D eigenvalue weighted by molar-refractivity contribution is 7.95. The molecule has 0 amide bonds. The molecule has 0 atom stereocenters. The van der Waals surface area contributed by atoms with E-state index in [0.717, 1.165) is 0 Å². The number of halogens is 3. The number of benzene rings is 5. The highest BCUT2D eigenvalue weighted by Crippen LogP contribution is 2.39. The van der Waals surface area contributed by atoms with E-state index in [4.69, 9.17) is 13.0 Å². The van der Waals surface area contributed by atoms with Gasteiger partial charge in [0.25, 0.3) is 0 Å². The minimum atomic E-state index is -6.09. The Kier molecular flexibility index (Phi) is 7.64. The average Bonchev–Trinajstić information content (AvgIpc) is 2.87. The van der Waals surface area contributed by atoms with E-state index in [1.807, 2.05) is 0 Å². The average molecular weight is 541 g/mol. The Bertz CT molecular complexity index is 1670. The van der Waals surface area contributed by atoms with E-state index in [1.165, 1.54) is 48.7 Å². The van der Waals surface area contributed by atoms with Crippen LogP contribution in [0.25, 0.3) is 43.8 Å². The van der Waals surface area contributed by atoms with Crippen LogP contribution in [0.5, 0.6) is 0 Å². The van der Waals surface area contributed by atoms with Crippen LogP contribution < -0.4 is 0 Å². The Labute approximate surface area is 216 Å². The lowest BCUT2D eigenvalue weighted by atomic mass is 9.89. The molecule has 0 saturated carbocycles. The summed E-state index contributed by atoms with van der Waals surface area (Å²) in [5.41, 5.74) is -0.455. The van der Waals surface area contributed by atoms with Gasteiger partial charge in [0, 0.05) is 17.0 Å². The predicted molar refractivity (Wildman–Crippen MR) is 146 cm³/mol. The van der Waals surface area contributed by atoms with Crippen LogP contribution in [0.2, 0.25) is 0 Å². The molecule has 0 aliphatic heterocycles. The van der Waals surface area contributed by atoms with Gasteiger partial charge in [-0.3, -0.25) is 0 Å². The second-order valence-electron chi connectivity index (χ2n) is 8.48. The zero-order valence-electron chi connectivity index (χ0n) is 20.0. The molecule has 0 heterocycles. The highest BCUT2D eigenvalue weighted by Gasteiger charge is 2.36. The van der Waals surface area contributed by atoms with Crippen LogP contribution in [0.3, 0.4) is 0 Å². The summed E-state index contributed by atoms with van der Waals surface area (Å²) in [6, 6.07) is 37.6. The third-order valence-corrected chi connectivity index (χ3v) is 7.65.